The first-order valence-electron chi connectivity index (χ1n) is 6.53. The van der Waals surface area contributed by atoms with Crippen LogP contribution in [0.25, 0.3) is 0 Å². The molecule has 1 aliphatic carbocycles. The van der Waals surface area contributed by atoms with Gasteiger partial charge >= 0.3 is 0 Å². The number of hydrogen-bond acceptors (Lipinski definition) is 2. The molecule has 96 valence electrons. The van der Waals surface area contributed by atoms with Crippen molar-refractivity contribution in [3.05, 3.63) is 35.4 Å². The van der Waals surface area contributed by atoms with E-state index in [2.05, 4.69) is 44.2 Å². The van der Waals surface area contributed by atoms with Crippen molar-refractivity contribution in [2.75, 3.05) is 7.11 Å². The van der Waals surface area contributed by atoms with Gasteiger partial charge in [0.25, 0.3) is 0 Å². The zero-order valence-corrected chi connectivity index (χ0v) is 11.5. The first-order valence-corrected chi connectivity index (χ1v) is 6.53. The molecule has 1 aromatic rings. The summed E-state index contributed by atoms with van der Waals surface area (Å²) in [7, 11) is 1.74. The Kier molecular flexibility index (Phi) is 3.45. The maximum Gasteiger partial charge on any atom is 0.0696 e. The van der Waals surface area contributed by atoms with Gasteiger partial charge in [-0.1, -0.05) is 24.3 Å². The second-order valence-electron chi connectivity index (χ2n) is 5.98. The van der Waals surface area contributed by atoms with Crippen LogP contribution >= 0.6 is 0 Å². The van der Waals surface area contributed by atoms with Crippen LogP contribution in [0.15, 0.2) is 24.3 Å². The molecule has 0 aromatic heterocycles. The van der Waals surface area contributed by atoms with Crippen molar-refractivity contribution in [2.24, 2.45) is 5.41 Å². The molecule has 0 amide bonds. The number of fused-ring (bicyclic) bond motifs is 1. The molecule has 0 saturated heterocycles. The standard InChI is InChI=1S/C16H21NO/c1-15(2,18-3)8-9-16(12-17)10-13-6-4-5-7-14(13)11-16/h4-7H,8-11H2,1-3H3. The molecular formula is C16H21NO. The molecule has 0 aliphatic heterocycles. The molecule has 0 bridgehead atoms. The van der Waals surface area contributed by atoms with Crippen molar-refractivity contribution in [3.63, 3.8) is 0 Å². The first-order chi connectivity index (χ1) is 8.50. The van der Waals surface area contributed by atoms with Gasteiger partial charge in [-0.2, -0.15) is 5.26 Å². The molecule has 18 heavy (non-hydrogen) atoms. The third kappa shape index (κ3) is 2.57. The molecule has 0 heterocycles. The van der Waals surface area contributed by atoms with Crippen molar-refractivity contribution < 1.29 is 4.74 Å². The SMILES string of the molecule is COC(C)(C)CCC1(C#N)Cc2ccccc2C1. The van der Waals surface area contributed by atoms with Gasteiger partial charge in [0, 0.05) is 7.11 Å². The van der Waals surface area contributed by atoms with Crippen molar-refractivity contribution in [1.29, 1.82) is 5.26 Å². The van der Waals surface area contributed by atoms with Crippen LogP contribution < -0.4 is 0 Å². The summed E-state index contributed by atoms with van der Waals surface area (Å²) >= 11 is 0. The molecule has 2 nitrogen and oxygen atoms in total. The highest BCUT2D eigenvalue weighted by Gasteiger charge is 2.38. The Morgan fingerprint density at radius 2 is 1.83 bits per heavy atom. The molecule has 0 saturated carbocycles. The lowest BCUT2D eigenvalue weighted by atomic mass is 9.79. The van der Waals surface area contributed by atoms with E-state index in [1.807, 2.05) is 0 Å². The van der Waals surface area contributed by atoms with Crippen LogP contribution in [0, 0.1) is 16.7 Å². The van der Waals surface area contributed by atoms with Crippen LogP contribution in [0.3, 0.4) is 0 Å². The van der Waals surface area contributed by atoms with E-state index in [0.29, 0.717) is 0 Å². The fourth-order valence-corrected chi connectivity index (χ4v) is 2.65. The Balaban J connectivity index is 2.10. The Bertz CT molecular complexity index is 445. The summed E-state index contributed by atoms with van der Waals surface area (Å²) in [4.78, 5) is 0. The van der Waals surface area contributed by atoms with Crippen LogP contribution in [0.4, 0.5) is 0 Å². The Morgan fingerprint density at radius 1 is 1.28 bits per heavy atom. The number of hydrogen-bond donors (Lipinski definition) is 0. The van der Waals surface area contributed by atoms with Crippen LogP contribution in [-0.2, 0) is 17.6 Å². The summed E-state index contributed by atoms with van der Waals surface area (Å²) in [5.74, 6) is 0. The Morgan fingerprint density at radius 3 is 2.28 bits per heavy atom. The zero-order valence-electron chi connectivity index (χ0n) is 11.5. The molecular weight excluding hydrogens is 222 g/mol. The molecule has 0 N–H and O–H groups in total. The minimum absolute atomic E-state index is 0.140. The average Bonchev–Trinajstić information content (AvgIpc) is 2.76. The van der Waals surface area contributed by atoms with E-state index in [9.17, 15) is 5.26 Å². The molecule has 2 rings (SSSR count). The van der Waals surface area contributed by atoms with Crippen LogP contribution in [0.2, 0.25) is 0 Å². The lowest BCUT2D eigenvalue weighted by molar-refractivity contribution is 0.00758. The molecule has 0 unspecified atom stereocenters. The quantitative estimate of drug-likeness (QED) is 0.810. The average molecular weight is 243 g/mol. The highest BCUT2D eigenvalue weighted by molar-refractivity contribution is 5.36. The van der Waals surface area contributed by atoms with Crippen LogP contribution in [0.5, 0.6) is 0 Å². The monoisotopic (exact) mass is 243 g/mol. The maximum atomic E-state index is 9.57. The van der Waals surface area contributed by atoms with Gasteiger partial charge in [0.2, 0.25) is 0 Å². The molecule has 0 atom stereocenters. The molecule has 1 aliphatic rings. The van der Waals surface area contributed by atoms with E-state index >= 15 is 0 Å². The zero-order chi connectivity index (χ0) is 13.2. The molecule has 0 spiro atoms. The van der Waals surface area contributed by atoms with Gasteiger partial charge in [-0.25, -0.2) is 0 Å². The van der Waals surface area contributed by atoms with Gasteiger partial charge in [0.05, 0.1) is 17.1 Å². The van der Waals surface area contributed by atoms with Gasteiger partial charge in [-0.3, -0.25) is 0 Å². The number of methoxy groups -OCH3 is 1. The third-order valence-corrected chi connectivity index (χ3v) is 4.17. The number of rotatable bonds is 4. The van der Waals surface area contributed by atoms with Gasteiger partial charge in [0.1, 0.15) is 0 Å². The summed E-state index contributed by atoms with van der Waals surface area (Å²) in [5, 5.41) is 9.57. The fraction of sp³-hybridized carbons (Fsp3) is 0.562. The Labute approximate surface area is 110 Å². The lowest BCUT2D eigenvalue weighted by Gasteiger charge is -2.28. The summed E-state index contributed by atoms with van der Waals surface area (Å²) < 4.78 is 5.45. The lowest BCUT2D eigenvalue weighted by Crippen LogP contribution is -2.28. The normalized spacial score (nSPS) is 17.2. The van der Waals surface area contributed by atoms with Crippen molar-refractivity contribution >= 4 is 0 Å². The van der Waals surface area contributed by atoms with E-state index in [0.717, 1.165) is 25.7 Å². The van der Waals surface area contributed by atoms with Gasteiger partial charge < -0.3 is 4.74 Å². The minimum Gasteiger partial charge on any atom is -0.379 e. The second-order valence-corrected chi connectivity index (χ2v) is 5.98. The van der Waals surface area contributed by atoms with Gasteiger partial charge in [-0.15, -0.1) is 0 Å². The predicted octanol–water partition coefficient (Wildman–Crippen LogP) is 3.50. The first kappa shape index (κ1) is 13.1. The number of benzene rings is 1. The summed E-state index contributed by atoms with van der Waals surface area (Å²) in [6.07, 6.45) is 3.60. The predicted molar refractivity (Wildman–Crippen MR) is 72.2 cm³/mol. The fourth-order valence-electron chi connectivity index (χ4n) is 2.65. The Hall–Kier alpha value is -1.33. The summed E-state index contributed by atoms with van der Waals surface area (Å²) in [6, 6.07) is 11.0. The van der Waals surface area contributed by atoms with Gasteiger partial charge in [0.15, 0.2) is 0 Å². The highest BCUT2D eigenvalue weighted by atomic mass is 16.5. The summed E-state index contributed by atoms with van der Waals surface area (Å²) in [6.45, 7) is 4.17. The second kappa shape index (κ2) is 4.74. The maximum absolute atomic E-state index is 9.57. The third-order valence-electron chi connectivity index (χ3n) is 4.17. The van der Waals surface area contributed by atoms with E-state index < -0.39 is 0 Å². The number of nitriles is 1. The van der Waals surface area contributed by atoms with E-state index in [1.54, 1.807) is 7.11 Å². The molecule has 0 radical (unpaired) electrons. The van der Waals surface area contributed by atoms with Crippen molar-refractivity contribution in [2.45, 2.75) is 45.1 Å². The number of nitrogens with zero attached hydrogens (tertiary/aromatic N) is 1. The molecule has 2 heteroatoms. The van der Waals surface area contributed by atoms with Crippen LogP contribution in [0.1, 0.15) is 37.8 Å². The van der Waals surface area contributed by atoms with E-state index in [4.69, 9.17) is 4.74 Å². The van der Waals surface area contributed by atoms with Gasteiger partial charge in [-0.05, 0) is 50.7 Å². The number of ether oxygens (including phenoxy) is 1. The van der Waals surface area contributed by atoms with E-state index in [1.165, 1.54) is 11.1 Å². The molecule has 1 aromatic carbocycles. The van der Waals surface area contributed by atoms with Crippen LogP contribution in [-0.4, -0.2) is 12.7 Å². The molecule has 0 fully saturated rings. The topological polar surface area (TPSA) is 33.0 Å². The largest absolute Gasteiger partial charge is 0.379 e. The van der Waals surface area contributed by atoms with Crippen molar-refractivity contribution in [3.8, 4) is 6.07 Å². The smallest absolute Gasteiger partial charge is 0.0696 e. The van der Waals surface area contributed by atoms with Crippen molar-refractivity contribution in [1.82, 2.24) is 0 Å². The highest BCUT2D eigenvalue weighted by Crippen LogP contribution is 2.41. The summed E-state index contributed by atoms with van der Waals surface area (Å²) in [5.41, 5.74) is 2.32. The minimum atomic E-state index is -0.223. The van der Waals surface area contributed by atoms with E-state index in [-0.39, 0.29) is 11.0 Å².